The highest BCUT2D eigenvalue weighted by Gasteiger charge is 2.52. The van der Waals surface area contributed by atoms with Gasteiger partial charge in [0.15, 0.2) is 0 Å². The molecule has 2 atom stereocenters. The van der Waals surface area contributed by atoms with Crippen molar-refractivity contribution in [3.05, 3.63) is 120 Å². The Morgan fingerprint density at radius 2 is 1.40 bits per heavy atom. The fourth-order valence-electron chi connectivity index (χ4n) is 5.44. The second kappa shape index (κ2) is 12.7. The van der Waals surface area contributed by atoms with E-state index in [2.05, 4.69) is 9.89 Å². The van der Waals surface area contributed by atoms with Crippen molar-refractivity contribution in [2.75, 3.05) is 20.8 Å². The minimum Gasteiger partial charge on any atom is -0.467 e. The Morgan fingerprint density at radius 3 is 1.90 bits per heavy atom. The molecular formula is C33H36N2O5. The molecular weight excluding hydrogens is 504 g/mol. The number of esters is 2. The number of benzene rings is 3. The SMILES string of the molecule is COC(=O)C(N=Cc1ccccc1)(C(=O)OC)[C@H](C)/C=C/N1CCC[C@H]1C(O)(c1ccccc1)c1ccccc1. The van der Waals surface area contributed by atoms with Crippen molar-refractivity contribution in [1.82, 2.24) is 4.90 Å². The van der Waals surface area contributed by atoms with Gasteiger partial charge in [0.1, 0.15) is 5.60 Å². The molecule has 0 radical (unpaired) electrons. The highest BCUT2D eigenvalue weighted by Crippen LogP contribution is 2.40. The molecule has 1 N–H and O–H groups in total. The summed E-state index contributed by atoms with van der Waals surface area (Å²) in [7, 11) is 2.45. The minimum atomic E-state index is -1.94. The first-order valence-corrected chi connectivity index (χ1v) is 13.4. The maximum Gasteiger partial charge on any atom is 0.346 e. The largest absolute Gasteiger partial charge is 0.467 e. The summed E-state index contributed by atoms with van der Waals surface area (Å²) in [4.78, 5) is 32.9. The highest BCUT2D eigenvalue weighted by atomic mass is 16.5. The molecule has 0 spiro atoms. The van der Waals surface area contributed by atoms with E-state index in [1.165, 1.54) is 20.4 Å². The summed E-state index contributed by atoms with van der Waals surface area (Å²) in [6.07, 6.45) is 6.74. The number of nitrogens with zero attached hydrogens (tertiary/aromatic N) is 2. The van der Waals surface area contributed by atoms with Crippen molar-refractivity contribution < 1.29 is 24.2 Å². The second-order valence-electron chi connectivity index (χ2n) is 9.94. The quantitative estimate of drug-likeness (QED) is 0.227. The smallest absolute Gasteiger partial charge is 0.346 e. The molecule has 0 aromatic heterocycles. The molecule has 208 valence electrons. The standard InChI is InChI=1S/C33H36N2O5/c1-25(32(30(36)39-2,31(37)40-3)34-24-26-14-7-4-8-15-26)21-23-35-22-13-20-29(35)33(38,27-16-9-5-10-17-27)28-18-11-6-12-19-28/h4-12,14-19,21,23-25,29,38H,13,20,22H2,1-3H3/b23-21+,34-24?/t25-,29+/m1/s1. The second-order valence-corrected chi connectivity index (χ2v) is 9.94. The third-order valence-corrected chi connectivity index (χ3v) is 7.64. The fraction of sp³-hybridized carbons (Fsp3) is 0.303. The molecule has 0 aliphatic carbocycles. The Morgan fingerprint density at radius 1 is 0.900 bits per heavy atom. The van der Waals surface area contributed by atoms with Gasteiger partial charge in [-0.3, -0.25) is 4.99 Å². The molecule has 3 aromatic rings. The van der Waals surface area contributed by atoms with Crippen molar-refractivity contribution in [2.24, 2.45) is 10.9 Å². The van der Waals surface area contributed by atoms with Crippen LogP contribution in [0.1, 0.15) is 36.5 Å². The number of aliphatic hydroxyl groups is 1. The van der Waals surface area contributed by atoms with Gasteiger partial charge >= 0.3 is 11.9 Å². The minimum absolute atomic E-state index is 0.278. The average molecular weight is 541 g/mol. The summed E-state index contributed by atoms with van der Waals surface area (Å²) in [5, 5.41) is 12.4. The Balaban J connectivity index is 1.72. The van der Waals surface area contributed by atoms with Crippen LogP contribution in [-0.4, -0.2) is 60.5 Å². The van der Waals surface area contributed by atoms with Gasteiger partial charge in [-0.25, -0.2) is 9.59 Å². The van der Waals surface area contributed by atoms with Crippen molar-refractivity contribution in [3.63, 3.8) is 0 Å². The maximum absolute atomic E-state index is 13.2. The van der Waals surface area contributed by atoms with Gasteiger partial charge < -0.3 is 19.5 Å². The number of rotatable bonds is 10. The van der Waals surface area contributed by atoms with Crippen LogP contribution in [0.3, 0.4) is 0 Å². The lowest BCUT2D eigenvalue weighted by Crippen LogP contribution is -2.51. The van der Waals surface area contributed by atoms with E-state index >= 15 is 0 Å². The van der Waals surface area contributed by atoms with E-state index in [1.807, 2.05) is 97.2 Å². The van der Waals surface area contributed by atoms with Gasteiger partial charge in [0, 0.05) is 18.7 Å². The van der Waals surface area contributed by atoms with Crippen molar-refractivity contribution >= 4 is 18.2 Å². The van der Waals surface area contributed by atoms with Gasteiger partial charge in [-0.2, -0.15) is 0 Å². The van der Waals surface area contributed by atoms with Gasteiger partial charge in [0.05, 0.1) is 20.3 Å². The molecule has 40 heavy (non-hydrogen) atoms. The first-order valence-electron chi connectivity index (χ1n) is 13.4. The molecule has 0 bridgehead atoms. The van der Waals surface area contributed by atoms with E-state index < -0.39 is 29.0 Å². The summed E-state index contributed by atoms with van der Waals surface area (Å²) in [5.41, 5.74) is -0.901. The van der Waals surface area contributed by atoms with Crippen LogP contribution < -0.4 is 0 Å². The molecule has 1 fully saturated rings. The number of likely N-dealkylation sites (tertiary alicyclic amines) is 1. The van der Waals surface area contributed by atoms with Gasteiger partial charge in [0.25, 0.3) is 5.54 Å². The summed E-state index contributed by atoms with van der Waals surface area (Å²) in [5.74, 6) is -2.35. The van der Waals surface area contributed by atoms with E-state index in [4.69, 9.17) is 9.47 Å². The molecule has 7 nitrogen and oxygen atoms in total. The molecule has 1 heterocycles. The average Bonchev–Trinajstić information content (AvgIpc) is 3.50. The van der Waals surface area contributed by atoms with Gasteiger partial charge in [-0.05, 0) is 35.7 Å². The predicted octanol–water partition coefficient (Wildman–Crippen LogP) is 4.74. The lowest BCUT2D eigenvalue weighted by atomic mass is 9.79. The zero-order valence-corrected chi connectivity index (χ0v) is 23.1. The fourth-order valence-corrected chi connectivity index (χ4v) is 5.44. The Kier molecular flexibility index (Phi) is 9.17. The molecule has 0 unspecified atom stereocenters. The maximum atomic E-state index is 13.2. The van der Waals surface area contributed by atoms with E-state index in [0.717, 1.165) is 29.5 Å². The third kappa shape index (κ3) is 5.56. The molecule has 1 aliphatic rings. The van der Waals surface area contributed by atoms with Crippen LogP contribution in [0.15, 0.2) is 108 Å². The van der Waals surface area contributed by atoms with Crippen molar-refractivity contribution in [1.29, 1.82) is 0 Å². The van der Waals surface area contributed by atoms with Crippen LogP contribution in [-0.2, 0) is 24.7 Å². The molecule has 0 amide bonds. The highest BCUT2D eigenvalue weighted by molar-refractivity contribution is 6.07. The lowest BCUT2D eigenvalue weighted by molar-refractivity contribution is -0.162. The third-order valence-electron chi connectivity index (χ3n) is 7.64. The summed E-state index contributed by atoms with van der Waals surface area (Å²) in [6.45, 7) is 2.44. The van der Waals surface area contributed by atoms with Gasteiger partial charge in [-0.1, -0.05) is 104 Å². The summed E-state index contributed by atoms with van der Waals surface area (Å²) < 4.78 is 10.1. The first kappa shape index (κ1) is 28.8. The Bertz CT molecular complexity index is 1270. The van der Waals surface area contributed by atoms with Crippen LogP contribution in [0.5, 0.6) is 0 Å². The molecule has 7 heteroatoms. The van der Waals surface area contributed by atoms with Crippen LogP contribution in [0.2, 0.25) is 0 Å². The van der Waals surface area contributed by atoms with Gasteiger partial charge in [-0.15, -0.1) is 0 Å². The Labute approximate surface area is 235 Å². The van der Waals surface area contributed by atoms with Crippen molar-refractivity contribution in [3.8, 4) is 0 Å². The van der Waals surface area contributed by atoms with E-state index in [1.54, 1.807) is 13.0 Å². The number of carbonyl (C=O) groups is 2. The summed E-state index contributed by atoms with van der Waals surface area (Å²) in [6, 6.07) is 28.2. The molecule has 3 aromatic carbocycles. The van der Waals surface area contributed by atoms with E-state index in [0.29, 0.717) is 6.54 Å². The Hall–Kier alpha value is -4.23. The van der Waals surface area contributed by atoms with Crippen LogP contribution in [0, 0.1) is 5.92 Å². The number of carbonyl (C=O) groups excluding carboxylic acids is 2. The number of aliphatic imine (C=N–C) groups is 1. The zero-order chi connectivity index (χ0) is 28.6. The lowest BCUT2D eigenvalue weighted by Gasteiger charge is -2.40. The first-order chi connectivity index (χ1) is 19.4. The number of hydrogen-bond donors (Lipinski definition) is 1. The number of ether oxygens (including phenoxy) is 2. The monoisotopic (exact) mass is 540 g/mol. The predicted molar refractivity (Wildman–Crippen MR) is 155 cm³/mol. The van der Waals surface area contributed by atoms with E-state index in [9.17, 15) is 14.7 Å². The summed E-state index contributed by atoms with van der Waals surface area (Å²) >= 11 is 0. The zero-order valence-electron chi connectivity index (χ0n) is 23.1. The van der Waals surface area contributed by atoms with Crippen molar-refractivity contribution in [2.45, 2.75) is 36.9 Å². The van der Waals surface area contributed by atoms with Crippen LogP contribution in [0.25, 0.3) is 0 Å². The van der Waals surface area contributed by atoms with Gasteiger partial charge in [0.2, 0.25) is 0 Å². The topological polar surface area (TPSA) is 88.4 Å². The van der Waals surface area contributed by atoms with Crippen LogP contribution in [0.4, 0.5) is 0 Å². The molecule has 1 aliphatic heterocycles. The molecule has 1 saturated heterocycles. The number of hydrogen-bond acceptors (Lipinski definition) is 7. The normalized spacial score (nSPS) is 16.8. The van der Waals surface area contributed by atoms with Crippen LogP contribution >= 0.6 is 0 Å². The molecule has 0 saturated carbocycles. The number of methoxy groups -OCH3 is 2. The molecule has 4 rings (SSSR count). The van der Waals surface area contributed by atoms with E-state index in [-0.39, 0.29) is 6.04 Å².